The molecule has 0 aliphatic carbocycles. The topological polar surface area (TPSA) is 105 Å². The van der Waals surface area contributed by atoms with Crippen LogP contribution in [0.1, 0.15) is 15.9 Å². The molecule has 0 aliphatic heterocycles. The molecular weight excluding hydrogens is 260 g/mol. The lowest BCUT2D eigenvalue weighted by Crippen LogP contribution is -2.12. The number of benzene rings is 1. The van der Waals surface area contributed by atoms with Gasteiger partial charge < -0.3 is 9.94 Å². The van der Waals surface area contributed by atoms with Gasteiger partial charge in [-0.3, -0.25) is 4.72 Å². The van der Waals surface area contributed by atoms with Crippen molar-refractivity contribution in [1.29, 1.82) is 0 Å². The molecule has 98 valence electrons. The Morgan fingerprint density at radius 1 is 1.50 bits per heavy atom. The summed E-state index contributed by atoms with van der Waals surface area (Å²) in [5.41, 5.74) is 0.653. The van der Waals surface area contributed by atoms with E-state index in [1.165, 1.54) is 25.3 Å². The molecule has 0 saturated carbocycles. The number of sulfonamides is 1. The van der Waals surface area contributed by atoms with Gasteiger partial charge in [0.15, 0.2) is 0 Å². The highest BCUT2D eigenvalue weighted by Gasteiger charge is 2.11. The quantitative estimate of drug-likeness (QED) is 0.362. The summed E-state index contributed by atoms with van der Waals surface area (Å²) in [6.07, 6.45) is 2.00. The molecule has 0 atom stereocenters. The Bertz CT molecular complexity index is 580. The van der Waals surface area contributed by atoms with E-state index in [4.69, 9.17) is 5.21 Å². The number of carbonyl (C=O) groups excluding carboxylic acids is 1. The minimum atomic E-state index is -3.47. The molecular formula is C10H12N2O5S. The van der Waals surface area contributed by atoms with Gasteiger partial charge in [-0.05, 0) is 18.2 Å². The number of rotatable bonds is 4. The van der Waals surface area contributed by atoms with Crippen molar-refractivity contribution < 1.29 is 23.2 Å². The second kappa shape index (κ2) is 5.50. The molecule has 1 aromatic carbocycles. The zero-order valence-corrected chi connectivity index (χ0v) is 10.6. The van der Waals surface area contributed by atoms with Crippen LogP contribution in [-0.4, -0.2) is 39.2 Å². The number of oxime groups is 1. The number of hydrogen-bond donors (Lipinski definition) is 2. The number of nitrogens with one attached hydrogen (secondary N) is 1. The SMILES string of the molecule is COC(=O)c1ccc(NS(C)(=O)=O)c(/C=N/O)c1. The number of carbonyl (C=O) groups is 1. The van der Waals surface area contributed by atoms with Gasteiger partial charge in [0.25, 0.3) is 0 Å². The molecule has 1 aromatic rings. The van der Waals surface area contributed by atoms with Crippen LogP contribution in [0, 0.1) is 0 Å². The van der Waals surface area contributed by atoms with Gasteiger partial charge in [-0.15, -0.1) is 0 Å². The van der Waals surface area contributed by atoms with Crippen LogP contribution in [0.5, 0.6) is 0 Å². The van der Waals surface area contributed by atoms with Crippen LogP contribution in [0.4, 0.5) is 5.69 Å². The number of ether oxygens (including phenoxy) is 1. The molecule has 1 rings (SSSR count). The van der Waals surface area contributed by atoms with E-state index in [9.17, 15) is 13.2 Å². The summed E-state index contributed by atoms with van der Waals surface area (Å²) in [5, 5.41) is 11.3. The smallest absolute Gasteiger partial charge is 0.337 e. The van der Waals surface area contributed by atoms with E-state index in [1.807, 2.05) is 0 Å². The fourth-order valence-electron chi connectivity index (χ4n) is 1.27. The molecule has 0 fully saturated rings. The van der Waals surface area contributed by atoms with Crippen LogP contribution >= 0.6 is 0 Å². The molecule has 8 heteroatoms. The van der Waals surface area contributed by atoms with Crippen molar-refractivity contribution >= 4 is 27.9 Å². The number of hydrogen-bond acceptors (Lipinski definition) is 6. The Labute approximate surface area is 104 Å². The maximum atomic E-state index is 11.3. The predicted octanol–water partition coefficient (Wildman–Crippen LogP) is 0.653. The third-order valence-electron chi connectivity index (χ3n) is 1.96. The summed E-state index contributed by atoms with van der Waals surface area (Å²) in [5.74, 6) is -0.575. The van der Waals surface area contributed by atoms with Crippen LogP contribution in [0.25, 0.3) is 0 Å². The molecule has 0 amide bonds. The van der Waals surface area contributed by atoms with Gasteiger partial charge in [0, 0.05) is 5.56 Å². The van der Waals surface area contributed by atoms with E-state index in [2.05, 4.69) is 14.6 Å². The monoisotopic (exact) mass is 272 g/mol. The van der Waals surface area contributed by atoms with Gasteiger partial charge in [0.05, 0.1) is 30.8 Å². The van der Waals surface area contributed by atoms with Crippen LogP contribution < -0.4 is 4.72 Å². The lowest BCUT2D eigenvalue weighted by Gasteiger charge is -2.08. The molecule has 0 bridgehead atoms. The molecule has 0 saturated heterocycles. The van der Waals surface area contributed by atoms with Gasteiger partial charge in [-0.2, -0.15) is 0 Å². The molecule has 2 N–H and O–H groups in total. The first-order chi connectivity index (χ1) is 8.37. The van der Waals surface area contributed by atoms with Crippen LogP contribution in [0.3, 0.4) is 0 Å². The van der Waals surface area contributed by atoms with Crippen LogP contribution in [0.2, 0.25) is 0 Å². The molecule has 0 heterocycles. The Balaban J connectivity index is 3.24. The minimum Gasteiger partial charge on any atom is -0.465 e. The standard InChI is InChI=1S/C10H12N2O5S/c1-17-10(13)7-3-4-9(12-18(2,15)16)8(5-7)6-11-14/h3-6,12,14H,1-2H3/b11-6+. The van der Waals surface area contributed by atoms with Gasteiger partial charge in [0.2, 0.25) is 10.0 Å². The van der Waals surface area contributed by atoms with E-state index >= 15 is 0 Å². The summed E-state index contributed by atoms with van der Waals surface area (Å²) >= 11 is 0. The van der Waals surface area contributed by atoms with E-state index in [0.717, 1.165) is 12.5 Å². The maximum Gasteiger partial charge on any atom is 0.337 e. The maximum absolute atomic E-state index is 11.3. The molecule has 0 spiro atoms. The Kier molecular flexibility index (Phi) is 4.27. The van der Waals surface area contributed by atoms with Crippen LogP contribution in [0.15, 0.2) is 23.4 Å². The summed E-state index contributed by atoms with van der Waals surface area (Å²) in [7, 11) is -2.24. The number of anilines is 1. The van der Waals surface area contributed by atoms with Crippen molar-refractivity contribution in [2.24, 2.45) is 5.16 Å². The normalized spacial score (nSPS) is 11.4. The second-order valence-corrected chi connectivity index (χ2v) is 5.16. The summed E-state index contributed by atoms with van der Waals surface area (Å²) in [6.45, 7) is 0. The van der Waals surface area contributed by atoms with Crippen molar-refractivity contribution in [3.8, 4) is 0 Å². The summed E-state index contributed by atoms with van der Waals surface area (Å²) < 4.78 is 29.0. The van der Waals surface area contributed by atoms with Crippen molar-refractivity contribution in [1.82, 2.24) is 0 Å². The zero-order chi connectivity index (χ0) is 13.8. The highest BCUT2D eigenvalue weighted by atomic mass is 32.2. The first-order valence-corrected chi connectivity index (χ1v) is 6.64. The van der Waals surface area contributed by atoms with E-state index < -0.39 is 16.0 Å². The molecule has 0 unspecified atom stereocenters. The second-order valence-electron chi connectivity index (χ2n) is 3.41. The summed E-state index contributed by atoms with van der Waals surface area (Å²) in [6, 6.07) is 4.12. The fraction of sp³-hybridized carbons (Fsp3) is 0.200. The van der Waals surface area contributed by atoms with Crippen molar-refractivity contribution in [2.75, 3.05) is 18.1 Å². The number of nitrogens with zero attached hydrogens (tertiary/aromatic N) is 1. The first kappa shape index (κ1) is 14.0. The highest BCUT2D eigenvalue weighted by molar-refractivity contribution is 7.92. The lowest BCUT2D eigenvalue weighted by atomic mass is 10.1. The molecule has 0 radical (unpaired) electrons. The van der Waals surface area contributed by atoms with Gasteiger partial charge in [0.1, 0.15) is 0 Å². The average Bonchev–Trinajstić information content (AvgIpc) is 2.29. The molecule has 18 heavy (non-hydrogen) atoms. The minimum absolute atomic E-state index is 0.197. The zero-order valence-electron chi connectivity index (χ0n) is 9.75. The average molecular weight is 272 g/mol. The lowest BCUT2D eigenvalue weighted by molar-refractivity contribution is 0.0600. The van der Waals surface area contributed by atoms with E-state index in [1.54, 1.807) is 0 Å². The van der Waals surface area contributed by atoms with Crippen molar-refractivity contribution in [3.63, 3.8) is 0 Å². The van der Waals surface area contributed by atoms with Gasteiger partial charge >= 0.3 is 5.97 Å². The number of esters is 1. The van der Waals surface area contributed by atoms with Gasteiger partial charge in [-0.1, -0.05) is 5.16 Å². The molecule has 0 aliphatic rings. The Morgan fingerprint density at radius 2 is 2.17 bits per heavy atom. The van der Waals surface area contributed by atoms with Crippen LogP contribution in [-0.2, 0) is 14.8 Å². The molecule has 0 aromatic heterocycles. The third kappa shape index (κ3) is 3.74. The first-order valence-electron chi connectivity index (χ1n) is 4.75. The Hall–Kier alpha value is -2.09. The van der Waals surface area contributed by atoms with E-state index in [-0.39, 0.29) is 16.8 Å². The Morgan fingerprint density at radius 3 is 2.67 bits per heavy atom. The van der Waals surface area contributed by atoms with Gasteiger partial charge in [-0.25, -0.2) is 13.2 Å². The largest absolute Gasteiger partial charge is 0.465 e. The predicted molar refractivity (Wildman–Crippen MR) is 65.6 cm³/mol. The molecule has 7 nitrogen and oxygen atoms in total. The van der Waals surface area contributed by atoms with Crippen molar-refractivity contribution in [3.05, 3.63) is 29.3 Å². The fourth-order valence-corrected chi connectivity index (χ4v) is 1.85. The highest BCUT2D eigenvalue weighted by Crippen LogP contribution is 2.17. The third-order valence-corrected chi connectivity index (χ3v) is 2.56. The van der Waals surface area contributed by atoms with Crippen molar-refractivity contribution in [2.45, 2.75) is 0 Å². The van der Waals surface area contributed by atoms with E-state index in [0.29, 0.717) is 0 Å². The summed E-state index contributed by atoms with van der Waals surface area (Å²) in [4.78, 5) is 11.3. The number of methoxy groups -OCH3 is 1.